The molecule has 13 heteroatoms. The number of pyridine rings is 1. The van der Waals surface area contributed by atoms with Crippen LogP contribution >= 0.6 is 0 Å². The molecule has 4 aromatic rings. The van der Waals surface area contributed by atoms with Crippen LogP contribution in [0.1, 0.15) is 57.4 Å². The normalized spacial score (nSPS) is 26.0. The Kier molecular flexibility index (Phi) is 8.83. The van der Waals surface area contributed by atoms with E-state index in [0.29, 0.717) is 65.8 Å². The summed E-state index contributed by atoms with van der Waals surface area (Å²) in [5, 5.41) is 22.7. The molecule has 9 rings (SSSR count). The summed E-state index contributed by atoms with van der Waals surface area (Å²) in [4.78, 5) is 18.8. The number of nitrogens with zero attached hydrogens (tertiary/aromatic N) is 5. The highest BCUT2D eigenvalue weighted by Gasteiger charge is 2.56. The molecule has 0 amide bonds. The van der Waals surface area contributed by atoms with Crippen molar-refractivity contribution in [1.29, 1.82) is 0 Å². The molecule has 2 N–H and O–H groups in total. The van der Waals surface area contributed by atoms with E-state index < -0.39 is 17.7 Å². The van der Waals surface area contributed by atoms with Crippen molar-refractivity contribution < 1.29 is 37.9 Å². The van der Waals surface area contributed by atoms with Crippen LogP contribution in [-0.2, 0) is 15.9 Å². The van der Waals surface area contributed by atoms with Gasteiger partial charge in [-0.1, -0.05) is 19.4 Å². The number of aromatic nitrogens is 3. The van der Waals surface area contributed by atoms with E-state index in [2.05, 4.69) is 9.88 Å². The van der Waals surface area contributed by atoms with E-state index in [9.17, 15) is 10.2 Å². The number of aliphatic hydroxyl groups excluding tert-OH is 1. The fourth-order valence-corrected chi connectivity index (χ4v) is 10.1. The fraction of sp³-hybridized carbons (Fsp3) is 0.575. The van der Waals surface area contributed by atoms with E-state index in [0.717, 1.165) is 51.9 Å². The number of ether oxygens (including phenoxy) is 4. The molecule has 0 bridgehead atoms. The van der Waals surface area contributed by atoms with Crippen LogP contribution in [0.25, 0.3) is 32.9 Å². The minimum absolute atomic E-state index is 0.0256. The van der Waals surface area contributed by atoms with Crippen LogP contribution < -0.4 is 14.4 Å². The smallest absolute Gasteiger partial charge is 0.319 e. The molecule has 3 atom stereocenters. The Hall–Kier alpha value is -3.91. The zero-order chi connectivity index (χ0) is 36.5. The SMILES string of the molecule is CCc1c(F)ccc2cc(O)cc(-c3nc(OC)c4c(N5CCOCC(O)C5)nc(OCC56CCCC5N(C5CC7(COC7)C5)CCC6)nc4c3F)c12. The number of fused-ring (bicyclic) bond motifs is 3. The fourth-order valence-electron chi connectivity index (χ4n) is 10.1. The number of β-amino-alcohol motifs (C(OH)–C–C–N with tert-alkyl or cyclic N) is 1. The highest BCUT2D eigenvalue weighted by Crippen LogP contribution is 2.55. The second kappa shape index (κ2) is 13.4. The minimum Gasteiger partial charge on any atom is -0.508 e. The largest absolute Gasteiger partial charge is 0.508 e. The number of phenols is 1. The summed E-state index contributed by atoms with van der Waals surface area (Å²) >= 11 is 0. The van der Waals surface area contributed by atoms with Crippen LogP contribution in [0, 0.1) is 22.5 Å². The first kappa shape index (κ1) is 34.8. The molecule has 3 saturated heterocycles. The zero-order valence-electron chi connectivity index (χ0n) is 30.4. The maximum absolute atomic E-state index is 17.3. The average molecular weight is 732 g/mol. The molecule has 0 radical (unpaired) electrons. The Bertz CT molecular complexity index is 2060. The quantitative estimate of drug-likeness (QED) is 0.229. The van der Waals surface area contributed by atoms with Gasteiger partial charge < -0.3 is 34.1 Å². The number of piperidine rings is 1. The summed E-state index contributed by atoms with van der Waals surface area (Å²) in [7, 11) is 1.44. The Labute approximate surface area is 307 Å². The predicted octanol–water partition coefficient (Wildman–Crippen LogP) is 5.79. The number of aliphatic hydroxyl groups is 1. The van der Waals surface area contributed by atoms with Gasteiger partial charge in [-0.3, -0.25) is 4.90 Å². The zero-order valence-corrected chi connectivity index (χ0v) is 30.4. The van der Waals surface area contributed by atoms with E-state index in [1.54, 1.807) is 6.07 Å². The Morgan fingerprint density at radius 2 is 1.85 bits per heavy atom. The van der Waals surface area contributed by atoms with Gasteiger partial charge in [0.25, 0.3) is 0 Å². The number of hydrogen-bond acceptors (Lipinski definition) is 11. The van der Waals surface area contributed by atoms with E-state index in [1.165, 1.54) is 38.2 Å². The maximum atomic E-state index is 17.3. The lowest BCUT2D eigenvalue weighted by molar-refractivity contribution is -0.196. The van der Waals surface area contributed by atoms with Crippen LogP contribution in [0.5, 0.6) is 17.6 Å². The summed E-state index contributed by atoms with van der Waals surface area (Å²) < 4.78 is 56.1. The van der Waals surface area contributed by atoms with Crippen molar-refractivity contribution in [1.82, 2.24) is 19.9 Å². The number of anilines is 1. The molecule has 11 nitrogen and oxygen atoms in total. The predicted molar refractivity (Wildman–Crippen MR) is 195 cm³/mol. The number of hydrogen-bond donors (Lipinski definition) is 2. The van der Waals surface area contributed by atoms with Crippen molar-refractivity contribution in [3.63, 3.8) is 0 Å². The molecule has 5 fully saturated rings. The summed E-state index contributed by atoms with van der Waals surface area (Å²) in [5.41, 5.74) is 0.703. The van der Waals surface area contributed by atoms with Gasteiger partial charge in [0.2, 0.25) is 5.88 Å². The second-order valence-electron chi connectivity index (χ2n) is 15.9. The molecule has 2 aromatic carbocycles. The average Bonchev–Trinajstić information content (AvgIpc) is 3.44. The number of methoxy groups -OCH3 is 1. The van der Waals surface area contributed by atoms with Crippen LogP contribution in [0.2, 0.25) is 0 Å². The van der Waals surface area contributed by atoms with Crippen molar-refractivity contribution in [2.45, 2.75) is 76.5 Å². The Morgan fingerprint density at radius 3 is 2.62 bits per heavy atom. The second-order valence-corrected chi connectivity index (χ2v) is 15.9. The number of benzene rings is 2. The number of rotatable bonds is 8. The van der Waals surface area contributed by atoms with Crippen molar-refractivity contribution in [3.05, 3.63) is 41.5 Å². The van der Waals surface area contributed by atoms with Crippen molar-refractivity contribution in [2.24, 2.45) is 10.8 Å². The molecule has 3 unspecified atom stereocenters. The summed E-state index contributed by atoms with van der Waals surface area (Å²) in [6.07, 6.45) is 7.35. The molecule has 2 saturated carbocycles. The molecule has 2 aliphatic carbocycles. The molecule has 1 spiro atoms. The van der Waals surface area contributed by atoms with E-state index >= 15 is 8.78 Å². The van der Waals surface area contributed by atoms with Gasteiger partial charge in [-0.25, -0.2) is 13.8 Å². The van der Waals surface area contributed by atoms with Crippen LogP contribution in [0.15, 0.2) is 24.3 Å². The summed E-state index contributed by atoms with van der Waals surface area (Å²) in [5.74, 6) is -0.951. The Balaban J connectivity index is 1.14. The van der Waals surface area contributed by atoms with Crippen LogP contribution in [0.4, 0.5) is 14.6 Å². The minimum atomic E-state index is -0.806. The van der Waals surface area contributed by atoms with Crippen LogP contribution in [-0.4, -0.2) is 108 Å². The van der Waals surface area contributed by atoms with Gasteiger partial charge in [0.15, 0.2) is 5.82 Å². The van der Waals surface area contributed by atoms with Gasteiger partial charge in [0.05, 0.1) is 46.2 Å². The monoisotopic (exact) mass is 731 g/mol. The number of likely N-dealkylation sites (tertiary alicyclic amines) is 1. The Morgan fingerprint density at radius 1 is 1.02 bits per heavy atom. The topological polar surface area (TPSA) is 123 Å². The number of aromatic hydroxyl groups is 1. The first-order chi connectivity index (χ1) is 25.7. The molecule has 282 valence electrons. The van der Waals surface area contributed by atoms with Gasteiger partial charge in [-0.2, -0.15) is 9.97 Å². The molecular weight excluding hydrogens is 684 g/mol. The lowest BCUT2D eigenvalue weighted by Gasteiger charge is -2.60. The molecule has 2 aromatic heterocycles. The van der Waals surface area contributed by atoms with Crippen molar-refractivity contribution >= 4 is 27.5 Å². The van der Waals surface area contributed by atoms with E-state index in [-0.39, 0.29) is 58.4 Å². The summed E-state index contributed by atoms with van der Waals surface area (Å²) in [6.45, 7) is 6.14. The molecule has 3 aliphatic heterocycles. The number of phenolic OH excluding ortho intramolecular Hbond substituents is 1. The number of halogens is 2. The number of aryl methyl sites for hydroxylation is 1. The molecule has 5 aliphatic rings. The van der Waals surface area contributed by atoms with Gasteiger partial charge in [0.1, 0.15) is 34.0 Å². The third-order valence-corrected chi connectivity index (χ3v) is 12.7. The third kappa shape index (κ3) is 5.86. The molecular formula is C40H47F2N5O6. The van der Waals surface area contributed by atoms with Gasteiger partial charge in [-0.15, -0.1) is 0 Å². The van der Waals surface area contributed by atoms with Crippen molar-refractivity contribution in [3.8, 4) is 28.9 Å². The lowest BCUT2D eigenvalue weighted by Crippen LogP contribution is -2.64. The highest BCUT2D eigenvalue weighted by molar-refractivity contribution is 6.03. The molecule has 53 heavy (non-hydrogen) atoms. The first-order valence-electron chi connectivity index (χ1n) is 19.1. The highest BCUT2D eigenvalue weighted by atomic mass is 19.1. The van der Waals surface area contributed by atoms with Gasteiger partial charge in [0, 0.05) is 41.6 Å². The van der Waals surface area contributed by atoms with E-state index in [4.69, 9.17) is 28.9 Å². The van der Waals surface area contributed by atoms with E-state index in [1.807, 2.05) is 11.8 Å². The lowest BCUT2D eigenvalue weighted by atomic mass is 9.62. The first-order valence-corrected chi connectivity index (χ1v) is 19.1. The maximum Gasteiger partial charge on any atom is 0.319 e. The van der Waals surface area contributed by atoms with Gasteiger partial charge >= 0.3 is 6.01 Å². The molecule has 5 heterocycles. The van der Waals surface area contributed by atoms with Crippen LogP contribution in [0.3, 0.4) is 0 Å². The van der Waals surface area contributed by atoms with Gasteiger partial charge in [-0.05, 0) is 86.0 Å². The summed E-state index contributed by atoms with van der Waals surface area (Å²) in [6, 6.07) is 6.84. The van der Waals surface area contributed by atoms with Crippen molar-refractivity contribution in [2.75, 3.05) is 64.7 Å². The third-order valence-electron chi connectivity index (χ3n) is 12.7. The standard InChI is InChI=1S/C40H47F2N5O6/c1-3-27-29(41)8-7-23-14-25(48)15-28(31(23)27)34-33(42)35-32(37(43-34)50-2)36(46-12-13-51-19-26(49)18-46)45-38(44-35)53-22-40-9-4-6-30(40)47(11-5-10-40)24-16-39(17-24)20-52-21-39/h7-8,14-15,24,26,30,48-49H,3-6,9-13,16-22H2,1-2H3.